The Bertz CT molecular complexity index is 864. The second kappa shape index (κ2) is 9.06. The number of guanidine groups is 1. The molecule has 0 aromatic heterocycles. The van der Waals surface area contributed by atoms with E-state index < -0.39 is 15.6 Å². The van der Waals surface area contributed by atoms with Gasteiger partial charge in [0.1, 0.15) is 5.54 Å². The third kappa shape index (κ3) is 5.21. The highest BCUT2D eigenvalue weighted by Crippen LogP contribution is 2.28. The normalized spacial score (nSPS) is 23.9. The van der Waals surface area contributed by atoms with Gasteiger partial charge in [-0.25, -0.2) is 12.7 Å². The van der Waals surface area contributed by atoms with Gasteiger partial charge in [-0.2, -0.15) is 0 Å². The Morgan fingerprint density at radius 1 is 1.20 bits per heavy atom. The molecule has 1 amide bonds. The predicted octanol–water partition coefficient (Wildman–Crippen LogP) is 2.79. The average Bonchev–Trinajstić information content (AvgIpc) is 2.88. The Kier molecular flexibility index (Phi) is 6.87. The minimum Gasteiger partial charge on any atom is -0.342 e. The molecule has 1 aromatic rings. The fourth-order valence-corrected chi connectivity index (χ4v) is 6.18. The Labute approximate surface area is 180 Å². The molecule has 0 aliphatic carbocycles. The van der Waals surface area contributed by atoms with Crippen molar-refractivity contribution in [1.29, 1.82) is 5.41 Å². The van der Waals surface area contributed by atoms with Crippen molar-refractivity contribution in [2.24, 2.45) is 11.8 Å². The van der Waals surface area contributed by atoms with Gasteiger partial charge in [-0.05, 0) is 50.0 Å². The van der Waals surface area contributed by atoms with Crippen molar-refractivity contribution in [3.8, 4) is 0 Å². The highest BCUT2D eigenvalue weighted by atomic mass is 32.2. The van der Waals surface area contributed by atoms with Gasteiger partial charge in [0, 0.05) is 19.6 Å². The molecular weight excluding hydrogens is 400 g/mol. The zero-order chi connectivity index (χ0) is 21.9. The molecule has 3 rings (SSSR count). The maximum absolute atomic E-state index is 12.8. The van der Waals surface area contributed by atoms with Crippen molar-refractivity contribution in [3.05, 3.63) is 35.9 Å². The van der Waals surface area contributed by atoms with Crippen LogP contribution in [0.2, 0.25) is 0 Å². The Hall–Kier alpha value is -1.93. The Morgan fingerprint density at radius 3 is 2.43 bits per heavy atom. The molecule has 2 aliphatic rings. The second-order valence-corrected chi connectivity index (χ2v) is 11.2. The largest absolute Gasteiger partial charge is 0.342 e. The van der Waals surface area contributed by atoms with E-state index in [4.69, 9.17) is 5.41 Å². The summed E-state index contributed by atoms with van der Waals surface area (Å²) in [6, 6.07) is 9.28. The van der Waals surface area contributed by atoms with Crippen LogP contribution in [-0.2, 0) is 20.6 Å². The lowest BCUT2D eigenvalue weighted by Gasteiger charge is -2.32. The Balaban J connectivity index is 1.49. The third-order valence-corrected chi connectivity index (χ3v) is 7.97. The molecule has 166 valence electrons. The number of benzene rings is 1. The zero-order valence-electron chi connectivity index (χ0n) is 18.2. The van der Waals surface area contributed by atoms with E-state index in [-0.39, 0.29) is 17.6 Å². The van der Waals surface area contributed by atoms with Crippen molar-refractivity contribution >= 4 is 21.9 Å². The summed E-state index contributed by atoms with van der Waals surface area (Å²) in [4.78, 5) is 14.4. The molecule has 2 fully saturated rings. The summed E-state index contributed by atoms with van der Waals surface area (Å²) < 4.78 is 27.0. The van der Waals surface area contributed by atoms with Gasteiger partial charge in [0.2, 0.25) is 10.0 Å². The second-order valence-electron chi connectivity index (χ2n) is 9.23. The minimum absolute atomic E-state index is 0.0240. The van der Waals surface area contributed by atoms with E-state index in [1.807, 2.05) is 37.3 Å². The number of carbonyl (C=O) groups excluding carboxylic acids is 1. The summed E-state index contributed by atoms with van der Waals surface area (Å²) in [6.07, 6.45) is 3.07. The van der Waals surface area contributed by atoms with Gasteiger partial charge < -0.3 is 5.32 Å². The maximum Gasteiger partial charge on any atom is 0.254 e. The fourth-order valence-electron chi connectivity index (χ4n) is 4.61. The molecule has 0 spiro atoms. The van der Waals surface area contributed by atoms with Gasteiger partial charge in [-0.15, -0.1) is 0 Å². The SMILES string of the molecule is CC(C)CC1(C)NC(=N)N(CCC2CCN(S(=O)(=O)Cc3ccccc3)CC2)C1=O. The molecule has 1 unspecified atom stereocenters. The molecule has 1 aromatic carbocycles. The molecule has 2 N–H and O–H groups in total. The van der Waals surface area contributed by atoms with Gasteiger partial charge in [-0.3, -0.25) is 15.1 Å². The van der Waals surface area contributed by atoms with Gasteiger partial charge in [-0.1, -0.05) is 44.2 Å². The van der Waals surface area contributed by atoms with E-state index in [9.17, 15) is 13.2 Å². The van der Waals surface area contributed by atoms with Crippen LogP contribution in [0.3, 0.4) is 0 Å². The zero-order valence-corrected chi connectivity index (χ0v) is 19.0. The molecular formula is C22H34N4O3S. The van der Waals surface area contributed by atoms with Gasteiger partial charge in [0.25, 0.3) is 5.91 Å². The number of piperidine rings is 1. The maximum atomic E-state index is 12.8. The van der Waals surface area contributed by atoms with E-state index in [0.29, 0.717) is 37.9 Å². The highest BCUT2D eigenvalue weighted by Gasteiger charge is 2.45. The van der Waals surface area contributed by atoms with Crippen LogP contribution < -0.4 is 5.32 Å². The number of hydrogen-bond donors (Lipinski definition) is 2. The molecule has 2 saturated heterocycles. The predicted molar refractivity (Wildman–Crippen MR) is 118 cm³/mol. The standard InChI is InChI=1S/C22H34N4O3S/c1-17(2)15-22(3)20(27)26(21(23)24-22)14-11-18-9-12-25(13-10-18)30(28,29)16-19-7-5-4-6-8-19/h4-8,17-18H,9-16H2,1-3H3,(H2,23,24). The molecule has 2 heterocycles. The number of nitrogens with zero attached hydrogens (tertiary/aromatic N) is 2. The van der Waals surface area contributed by atoms with Crippen LogP contribution in [0.1, 0.15) is 52.0 Å². The number of sulfonamides is 1. The van der Waals surface area contributed by atoms with E-state index >= 15 is 0 Å². The smallest absolute Gasteiger partial charge is 0.254 e. The molecule has 8 heteroatoms. The monoisotopic (exact) mass is 434 g/mol. The van der Waals surface area contributed by atoms with Crippen LogP contribution in [0.4, 0.5) is 0 Å². The summed E-state index contributed by atoms with van der Waals surface area (Å²) in [5, 5.41) is 11.3. The quantitative estimate of drug-likeness (QED) is 0.658. The van der Waals surface area contributed by atoms with Crippen LogP contribution in [0.15, 0.2) is 30.3 Å². The van der Waals surface area contributed by atoms with Crippen LogP contribution in [-0.4, -0.2) is 54.7 Å². The summed E-state index contributed by atoms with van der Waals surface area (Å²) in [5.41, 5.74) is 0.114. The highest BCUT2D eigenvalue weighted by molar-refractivity contribution is 7.88. The van der Waals surface area contributed by atoms with Crippen molar-refractivity contribution in [3.63, 3.8) is 0 Å². The lowest BCUT2D eigenvalue weighted by atomic mass is 9.90. The average molecular weight is 435 g/mol. The summed E-state index contributed by atoms with van der Waals surface area (Å²) in [7, 11) is -3.31. The van der Waals surface area contributed by atoms with Gasteiger partial charge in [0.15, 0.2) is 5.96 Å². The minimum atomic E-state index is -3.31. The fraction of sp³-hybridized carbons (Fsp3) is 0.636. The lowest BCUT2D eigenvalue weighted by molar-refractivity contribution is -0.131. The molecule has 0 saturated carbocycles. The van der Waals surface area contributed by atoms with Crippen molar-refractivity contribution in [2.45, 2.75) is 57.7 Å². The van der Waals surface area contributed by atoms with Crippen LogP contribution in [0.25, 0.3) is 0 Å². The van der Waals surface area contributed by atoms with Crippen molar-refractivity contribution in [1.82, 2.24) is 14.5 Å². The topological polar surface area (TPSA) is 93.6 Å². The molecule has 1 atom stereocenters. The first-order valence-electron chi connectivity index (χ1n) is 10.8. The van der Waals surface area contributed by atoms with E-state index in [0.717, 1.165) is 24.8 Å². The van der Waals surface area contributed by atoms with E-state index in [2.05, 4.69) is 19.2 Å². The van der Waals surface area contributed by atoms with Gasteiger partial charge in [0.05, 0.1) is 5.75 Å². The number of rotatable bonds is 8. The van der Waals surface area contributed by atoms with Crippen molar-refractivity contribution < 1.29 is 13.2 Å². The lowest BCUT2D eigenvalue weighted by Crippen LogP contribution is -2.45. The van der Waals surface area contributed by atoms with Crippen LogP contribution in [0.5, 0.6) is 0 Å². The van der Waals surface area contributed by atoms with Crippen molar-refractivity contribution in [2.75, 3.05) is 19.6 Å². The molecule has 30 heavy (non-hydrogen) atoms. The third-order valence-electron chi connectivity index (χ3n) is 6.12. The number of carbonyl (C=O) groups is 1. The first-order valence-corrected chi connectivity index (χ1v) is 12.4. The van der Waals surface area contributed by atoms with E-state index in [1.54, 1.807) is 9.21 Å². The van der Waals surface area contributed by atoms with Gasteiger partial charge >= 0.3 is 0 Å². The summed E-state index contributed by atoms with van der Waals surface area (Å²) in [5.74, 6) is 0.931. The Morgan fingerprint density at radius 2 is 1.83 bits per heavy atom. The van der Waals surface area contributed by atoms with Crippen LogP contribution >= 0.6 is 0 Å². The first-order chi connectivity index (χ1) is 14.1. The summed E-state index contributed by atoms with van der Waals surface area (Å²) in [6.45, 7) is 7.58. The first kappa shape index (κ1) is 22.7. The molecule has 7 nitrogen and oxygen atoms in total. The molecule has 2 aliphatic heterocycles. The van der Waals surface area contributed by atoms with Crippen LogP contribution in [0, 0.1) is 17.2 Å². The molecule has 0 bridgehead atoms. The number of amides is 1. The summed E-state index contributed by atoms with van der Waals surface area (Å²) >= 11 is 0. The molecule has 0 radical (unpaired) electrons. The van der Waals surface area contributed by atoms with E-state index in [1.165, 1.54) is 0 Å². The number of hydrogen-bond acceptors (Lipinski definition) is 4. The number of nitrogens with one attached hydrogen (secondary N) is 2.